The number of hydrogen-bond donors (Lipinski definition) is 1. The van der Waals surface area contributed by atoms with Gasteiger partial charge in [0.2, 0.25) is 11.8 Å². The lowest BCUT2D eigenvalue weighted by atomic mass is 10.2. The molecule has 0 aliphatic carbocycles. The maximum Gasteiger partial charge on any atom is 0.246 e. The summed E-state index contributed by atoms with van der Waals surface area (Å²) in [5, 5.41) is 7.38. The number of anilines is 1. The third kappa shape index (κ3) is 6.31. The van der Waals surface area contributed by atoms with Gasteiger partial charge in [-0.25, -0.2) is 0 Å². The molecule has 0 atom stereocenters. The number of carbonyl (C=O) groups is 2. The quantitative estimate of drug-likeness (QED) is 0.367. The number of rotatable bonds is 4. The van der Waals surface area contributed by atoms with Crippen LogP contribution in [0.15, 0.2) is 17.4 Å². The summed E-state index contributed by atoms with van der Waals surface area (Å²) in [5.74, 6) is 0.882. The third-order valence-electron chi connectivity index (χ3n) is 5.32. The highest BCUT2D eigenvalue weighted by molar-refractivity contribution is 14.0. The van der Waals surface area contributed by atoms with Crippen LogP contribution in [0.2, 0.25) is 0 Å². The molecule has 2 saturated heterocycles. The zero-order valence-electron chi connectivity index (χ0n) is 17.3. The highest BCUT2D eigenvalue weighted by Gasteiger charge is 2.27. The summed E-state index contributed by atoms with van der Waals surface area (Å²) in [4.78, 5) is 34.9. The van der Waals surface area contributed by atoms with Crippen molar-refractivity contribution in [3.63, 3.8) is 0 Å². The van der Waals surface area contributed by atoms with E-state index in [1.807, 2.05) is 23.0 Å². The lowest BCUT2D eigenvalue weighted by molar-refractivity contribution is -0.131. The summed E-state index contributed by atoms with van der Waals surface area (Å²) < 4.78 is 1.69. The van der Waals surface area contributed by atoms with Crippen LogP contribution >= 0.6 is 24.0 Å². The fraction of sp³-hybridized carbons (Fsp3) is 0.684. The number of aliphatic imine (C=N–C) groups is 1. The Labute approximate surface area is 189 Å². The van der Waals surface area contributed by atoms with Crippen molar-refractivity contribution in [1.29, 1.82) is 0 Å². The van der Waals surface area contributed by atoms with Gasteiger partial charge in [-0.05, 0) is 12.8 Å². The lowest BCUT2D eigenvalue weighted by Crippen LogP contribution is -2.55. The highest BCUT2D eigenvalue weighted by Crippen LogP contribution is 2.16. The zero-order valence-corrected chi connectivity index (χ0v) is 19.7. The van der Waals surface area contributed by atoms with Crippen LogP contribution in [0.5, 0.6) is 0 Å². The molecule has 3 heterocycles. The molecular formula is C19H32IN7O2. The molecule has 2 fully saturated rings. The predicted molar refractivity (Wildman–Crippen MR) is 124 cm³/mol. The van der Waals surface area contributed by atoms with Crippen LogP contribution in [-0.4, -0.2) is 83.7 Å². The Hall–Kier alpha value is -1.85. The van der Waals surface area contributed by atoms with Crippen LogP contribution in [0.4, 0.5) is 5.69 Å². The Morgan fingerprint density at radius 2 is 1.86 bits per heavy atom. The number of hydrogen-bond acceptors (Lipinski definition) is 4. The average molecular weight is 517 g/mol. The summed E-state index contributed by atoms with van der Waals surface area (Å²) in [6.45, 7) is 3.79. The number of amides is 2. The Bertz CT molecular complexity index is 713. The van der Waals surface area contributed by atoms with E-state index < -0.39 is 0 Å². The van der Waals surface area contributed by atoms with Crippen molar-refractivity contribution >= 4 is 47.4 Å². The van der Waals surface area contributed by atoms with Crippen LogP contribution in [0.1, 0.15) is 32.1 Å². The van der Waals surface area contributed by atoms with Crippen molar-refractivity contribution in [2.75, 3.05) is 51.2 Å². The largest absolute Gasteiger partial charge is 0.356 e. The molecular weight excluding hydrogens is 485 g/mol. The second-order valence-corrected chi connectivity index (χ2v) is 7.36. The molecule has 2 aliphatic rings. The van der Waals surface area contributed by atoms with Gasteiger partial charge in [-0.3, -0.25) is 19.3 Å². The molecule has 0 saturated carbocycles. The Morgan fingerprint density at radius 3 is 2.45 bits per heavy atom. The van der Waals surface area contributed by atoms with E-state index in [0.717, 1.165) is 31.6 Å². The number of piperazine rings is 1. The molecule has 1 aromatic heterocycles. The SMILES string of the molecule is CN=C(NCCC(=O)N1CCCCCC1)N1CCN(c2cnn(C)c2)C(=O)C1.I. The molecule has 0 aromatic carbocycles. The molecule has 162 valence electrons. The van der Waals surface area contributed by atoms with Crippen molar-refractivity contribution < 1.29 is 9.59 Å². The third-order valence-corrected chi connectivity index (χ3v) is 5.32. The Balaban J connectivity index is 0.00000300. The monoisotopic (exact) mass is 517 g/mol. The topological polar surface area (TPSA) is 86.1 Å². The Morgan fingerprint density at radius 1 is 1.14 bits per heavy atom. The normalized spacial score (nSPS) is 18.3. The number of nitrogens with zero attached hydrogens (tertiary/aromatic N) is 6. The molecule has 2 aliphatic heterocycles. The molecule has 0 unspecified atom stereocenters. The van der Waals surface area contributed by atoms with Gasteiger partial charge < -0.3 is 20.0 Å². The summed E-state index contributed by atoms with van der Waals surface area (Å²) in [6, 6.07) is 0. The minimum absolute atomic E-state index is 0. The fourth-order valence-electron chi connectivity index (χ4n) is 3.77. The van der Waals surface area contributed by atoms with Gasteiger partial charge in [0.1, 0.15) is 6.54 Å². The van der Waals surface area contributed by atoms with E-state index in [0.29, 0.717) is 32.0 Å². The zero-order chi connectivity index (χ0) is 19.9. The van der Waals surface area contributed by atoms with Gasteiger partial charge in [0.15, 0.2) is 5.96 Å². The summed E-state index contributed by atoms with van der Waals surface area (Å²) >= 11 is 0. The van der Waals surface area contributed by atoms with Gasteiger partial charge >= 0.3 is 0 Å². The first-order chi connectivity index (χ1) is 13.6. The van der Waals surface area contributed by atoms with Crippen LogP contribution in [0.25, 0.3) is 0 Å². The molecule has 0 radical (unpaired) electrons. The number of aromatic nitrogens is 2. The van der Waals surface area contributed by atoms with E-state index in [2.05, 4.69) is 15.4 Å². The summed E-state index contributed by atoms with van der Waals surface area (Å²) in [6.07, 6.45) is 8.63. The highest BCUT2D eigenvalue weighted by atomic mass is 127. The first-order valence-corrected chi connectivity index (χ1v) is 10.1. The van der Waals surface area contributed by atoms with Gasteiger partial charge in [0.05, 0.1) is 11.9 Å². The number of nitrogens with one attached hydrogen (secondary N) is 1. The standard InChI is InChI=1S/C19H31N7O2.HI/c1-20-19(21-8-7-17(27)24-9-5-3-4-6-10-24)25-11-12-26(18(28)15-25)16-13-22-23(2)14-16;/h13-14H,3-12,15H2,1-2H3,(H,20,21);1H. The van der Waals surface area contributed by atoms with Crippen molar-refractivity contribution in [3.8, 4) is 0 Å². The van der Waals surface area contributed by atoms with E-state index in [9.17, 15) is 9.59 Å². The van der Waals surface area contributed by atoms with E-state index in [-0.39, 0.29) is 42.3 Å². The first-order valence-electron chi connectivity index (χ1n) is 10.1. The first kappa shape index (κ1) is 23.4. The van der Waals surface area contributed by atoms with Gasteiger partial charge in [0, 0.05) is 59.4 Å². The van der Waals surface area contributed by atoms with Crippen molar-refractivity contribution in [2.45, 2.75) is 32.1 Å². The van der Waals surface area contributed by atoms with E-state index in [1.165, 1.54) is 12.8 Å². The number of guanidine groups is 1. The Kier molecular flexibility index (Phi) is 9.18. The maximum absolute atomic E-state index is 12.6. The van der Waals surface area contributed by atoms with E-state index in [1.54, 1.807) is 22.8 Å². The van der Waals surface area contributed by atoms with Gasteiger partial charge in [-0.2, -0.15) is 5.10 Å². The van der Waals surface area contributed by atoms with Crippen molar-refractivity contribution in [1.82, 2.24) is 24.9 Å². The fourth-order valence-corrected chi connectivity index (χ4v) is 3.77. The number of aryl methyl sites for hydroxylation is 1. The molecule has 10 heteroatoms. The summed E-state index contributed by atoms with van der Waals surface area (Å²) in [5.41, 5.74) is 0.818. The van der Waals surface area contributed by atoms with Crippen molar-refractivity contribution in [2.24, 2.45) is 12.0 Å². The van der Waals surface area contributed by atoms with Crippen molar-refractivity contribution in [3.05, 3.63) is 12.4 Å². The molecule has 2 amide bonds. The smallest absolute Gasteiger partial charge is 0.246 e. The van der Waals surface area contributed by atoms with E-state index >= 15 is 0 Å². The lowest BCUT2D eigenvalue weighted by Gasteiger charge is -2.35. The summed E-state index contributed by atoms with van der Waals surface area (Å²) in [7, 11) is 3.54. The van der Waals surface area contributed by atoms with Crippen LogP contribution in [0, 0.1) is 0 Å². The molecule has 3 rings (SSSR count). The van der Waals surface area contributed by atoms with Gasteiger partial charge in [0.25, 0.3) is 0 Å². The second kappa shape index (κ2) is 11.4. The molecule has 1 N–H and O–H groups in total. The maximum atomic E-state index is 12.6. The second-order valence-electron chi connectivity index (χ2n) is 7.36. The van der Waals surface area contributed by atoms with Crippen LogP contribution in [0.3, 0.4) is 0 Å². The number of carbonyl (C=O) groups excluding carboxylic acids is 2. The minimum Gasteiger partial charge on any atom is -0.356 e. The minimum atomic E-state index is 0. The van der Waals surface area contributed by atoms with Crippen LogP contribution < -0.4 is 10.2 Å². The van der Waals surface area contributed by atoms with Gasteiger partial charge in [-0.1, -0.05) is 12.8 Å². The molecule has 9 nitrogen and oxygen atoms in total. The van der Waals surface area contributed by atoms with E-state index in [4.69, 9.17) is 0 Å². The molecule has 1 aromatic rings. The molecule has 0 spiro atoms. The molecule has 0 bridgehead atoms. The number of likely N-dealkylation sites (tertiary alicyclic amines) is 1. The molecule has 29 heavy (non-hydrogen) atoms. The predicted octanol–water partition coefficient (Wildman–Crippen LogP) is 1.05. The van der Waals surface area contributed by atoms with Gasteiger partial charge in [-0.15, -0.1) is 24.0 Å². The van der Waals surface area contributed by atoms with Crippen LogP contribution in [-0.2, 0) is 16.6 Å². The number of halogens is 1. The average Bonchev–Trinajstić information content (AvgIpc) is 2.94.